The van der Waals surface area contributed by atoms with Crippen LogP contribution in [0, 0.1) is 0 Å². The van der Waals surface area contributed by atoms with E-state index in [1.807, 2.05) is 36.4 Å². The van der Waals surface area contributed by atoms with Gasteiger partial charge in [0.1, 0.15) is 13.2 Å². The maximum Gasteiger partial charge on any atom is 0.223 e. The first-order valence-corrected chi connectivity index (χ1v) is 9.47. The van der Waals surface area contributed by atoms with Crippen molar-refractivity contribution in [2.24, 2.45) is 0 Å². The van der Waals surface area contributed by atoms with Crippen molar-refractivity contribution in [1.82, 2.24) is 9.97 Å². The van der Waals surface area contributed by atoms with Gasteiger partial charge in [0.2, 0.25) is 11.7 Å². The van der Waals surface area contributed by atoms with Crippen LogP contribution in [0.5, 0.6) is 28.7 Å². The minimum Gasteiger partial charge on any atom is -0.493 e. The van der Waals surface area contributed by atoms with Crippen molar-refractivity contribution in [3.05, 3.63) is 48.2 Å². The lowest BCUT2D eigenvalue weighted by Gasteiger charge is -2.18. The first-order valence-electron chi connectivity index (χ1n) is 9.47. The van der Waals surface area contributed by atoms with Crippen LogP contribution in [0.25, 0.3) is 11.3 Å². The number of nitrogens with one attached hydrogen (secondary N) is 1. The average molecular weight is 409 g/mol. The van der Waals surface area contributed by atoms with E-state index >= 15 is 0 Å². The lowest BCUT2D eigenvalue weighted by atomic mass is 10.1. The molecule has 1 aliphatic heterocycles. The highest BCUT2D eigenvalue weighted by Crippen LogP contribution is 2.38. The molecule has 0 aliphatic carbocycles. The zero-order valence-corrected chi connectivity index (χ0v) is 17.1. The molecule has 156 valence electrons. The van der Waals surface area contributed by atoms with E-state index in [2.05, 4.69) is 15.3 Å². The second-order valence-corrected chi connectivity index (χ2v) is 6.51. The van der Waals surface area contributed by atoms with Crippen molar-refractivity contribution in [3.8, 4) is 40.0 Å². The molecule has 0 amide bonds. The van der Waals surface area contributed by atoms with Crippen LogP contribution in [0.3, 0.4) is 0 Å². The highest BCUT2D eigenvalue weighted by atomic mass is 16.6. The summed E-state index contributed by atoms with van der Waals surface area (Å²) in [6, 6.07) is 11.4. The molecule has 0 saturated heterocycles. The molecule has 0 spiro atoms. The average Bonchev–Trinajstić information content (AvgIpc) is 2.81. The summed E-state index contributed by atoms with van der Waals surface area (Å²) < 4.78 is 27.4. The standard InChI is InChI=1S/C22H23N3O5/c1-26-19-10-14(11-20(27-2)21(19)28-3)13-24-22-23-7-6-16(25-22)15-4-5-17-18(12-15)30-9-8-29-17/h4-7,10-12H,8-9,13H2,1-3H3,(H,23,24,25). The number of rotatable bonds is 7. The molecule has 2 heterocycles. The minimum absolute atomic E-state index is 0.487. The number of aromatic nitrogens is 2. The van der Waals surface area contributed by atoms with Crippen molar-refractivity contribution in [1.29, 1.82) is 0 Å². The number of hydrogen-bond donors (Lipinski definition) is 1. The zero-order valence-electron chi connectivity index (χ0n) is 17.1. The van der Waals surface area contributed by atoms with Crippen molar-refractivity contribution >= 4 is 5.95 Å². The molecule has 0 bridgehead atoms. The van der Waals surface area contributed by atoms with Crippen molar-refractivity contribution in [3.63, 3.8) is 0 Å². The summed E-state index contributed by atoms with van der Waals surface area (Å²) in [5.41, 5.74) is 2.66. The Morgan fingerprint density at radius 2 is 1.63 bits per heavy atom. The van der Waals surface area contributed by atoms with Gasteiger partial charge in [-0.3, -0.25) is 0 Å². The van der Waals surface area contributed by atoms with Gasteiger partial charge in [-0.05, 0) is 42.0 Å². The third-order valence-electron chi connectivity index (χ3n) is 4.67. The van der Waals surface area contributed by atoms with E-state index in [1.165, 1.54) is 0 Å². The van der Waals surface area contributed by atoms with E-state index in [4.69, 9.17) is 23.7 Å². The molecule has 30 heavy (non-hydrogen) atoms. The molecular formula is C22H23N3O5. The molecule has 3 aromatic rings. The Hall–Kier alpha value is -3.68. The van der Waals surface area contributed by atoms with Gasteiger partial charge in [0.05, 0.1) is 27.0 Å². The van der Waals surface area contributed by atoms with E-state index in [-0.39, 0.29) is 0 Å². The summed E-state index contributed by atoms with van der Waals surface area (Å²) in [6.45, 7) is 1.60. The summed E-state index contributed by atoms with van der Waals surface area (Å²) in [5.74, 6) is 3.74. The fraction of sp³-hybridized carbons (Fsp3) is 0.273. The highest BCUT2D eigenvalue weighted by Gasteiger charge is 2.15. The fourth-order valence-electron chi connectivity index (χ4n) is 3.23. The number of nitrogens with zero attached hydrogens (tertiary/aromatic N) is 2. The van der Waals surface area contributed by atoms with Crippen molar-refractivity contribution in [2.45, 2.75) is 6.54 Å². The molecule has 1 N–H and O–H groups in total. The Labute approximate surface area is 174 Å². The van der Waals surface area contributed by atoms with Gasteiger partial charge >= 0.3 is 0 Å². The van der Waals surface area contributed by atoms with Crippen molar-refractivity contribution in [2.75, 3.05) is 39.9 Å². The van der Waals surface area contributed by atoms with Crippen LogP contribution >= 0.6 is 0 Å². The van der Waals surface area contributed by atoms with Crippen LogP contribution in [0.2, 0.25) is 0 Å². The number of methoxy groups -OCH3 is 3. The zero-order chi connectivity index (χ0) is 20.9. The van der Waals surface area contributed by atoms with Crippen molar-refractivity contribution < 1.29 is 23.7 Å². The quantitative estimate of drug-likeness (QED) is 0.634. The van der Waals surface area contributed by atoms with E-state index in [1.54, 1.807) is 27.5 Å². The Bertz CT molecular complexity index is 1020. The predicted molar refractivity (Wildman–Crippen MR) is 112 cm³/mol. The maximum absolute atomic E-state index is 5.67. The number of anilines is 1. The number of ether oxygens (including phenoxy) is 5. The third-order valence-corrected chi connectivity index (χ3v) is 4.67. The molecule has 2 aromatic carbocycles. The molecule has 8 nitrogen and oxygen atoms in total. The number of fused-ring (bicyclic) bond motifs is 1. The lowest BCUT2D eigenvalue weighted by molar-refractivity contribution is 0.171. The first-order chi connectivity index (χ1) is 14.7. The van der Waals surface area contributed by atoms with Gasteiger partial charge in [-0.15, -0.1) is 0 Å². The van der Waals surface area contributed by atoms with Gasteiger partial charge in [0.15, 0.2) is 23.0 Å². The number of benzene rings is 2. The summed E-state index contributed by atoms with van der Waals surface area (Å²) in [7, 11) is 4.76. The van der Waals surface area contributed by atoms with E-state index in [9.17, 15) is 0 Å². The van der Waals surface area contributed by atoms with Gasteiger partial charge in [-0.25, -0.2) is 9.97 Å². The topological polar surface area (TPSA) is 84.0 Å². The van der Waals surface area contributed by atoms with Crippen LogP contribution in [-0.4, -0.2) is 44.5 Å². The van der Waals surface area contributed by atoms with Gasteiger partial charge in [0.25, 0.3) is 0 Å². The van der Waals surface area contributed by atoms with Crippen LogP contribution in [0.15, 0.2) is 42.6 Å². The molecular weight excluding hydrogens is 386 g/mol. The van der Waals surface area contributed by atoms with E-state index in [0.717, 1.165) is 28.3 Å². The minimum atomic E-state index is 0.487. The normalized spacial score (nSPS) is 12.2. The van der Waals surface area contributed by atoms with Crippen LogP contribution in [-0.2, 0) is 6.54 Å². The second-order valence-electron chi connectivity index (χ2n) is 6.51. The first kappa shape index (κ1) is 19.6. The Balaban J connectivity index is 1.53. The molecule has 0 fully saturated rings. The third kappa shape index (κ3) is 4.03. The molecule has 0 unspecified atom stereocenters. The largest absolute Gasteiger partial charge is 0.493 e. The van der Waals surface area contributed by atoms with E-state index in [0.29, 0.717) is 43.0 Å². The summed E-state index contributed by atoms with van der Waals surface area (Å²) in [6.07, 6.45) is 1.72. The molecule has 1 aliphatic rings. The van der Waals surface area contributed by atoms with Crippen LogP contribution < -0.4 is 29.0 Å². The number of hydrogen-bond acceptors (Lipinski definition) is 8. The van der Waals surface area contributed by atoms with Gasteiger partial charge in [-0.1, -0.05) is 0 Å². The summed E-state index contributed by atoms with van der Waals surface area (Å²) in [5, 5.41) is 3.24. The van der Waals surface area contributed by atoms with Gasteiger partial charge in [0, 0.05) is 18.3 Å². The van der Waals surface area contributed by atoms with Gasteiger partial charge < -0.3 is 29.0 Å². The van der Waals surface area contributed by atoms with Gasteiger partial charge in [-0.2, -0.15) is 0 Å². The predicted octanol–water partition coefficient (Wildman–Crippen LogP) is 3.55. The fourth-order valence-corrected chi connectivity index (χ4v) is 3.23. The highest BCUT2D eigenvalue weighted by molar-refractivity contribution is 5.65. The second kappa shape index (κ2) is 8.77. The molecule has 4 rings (SSSR count). The van der Waals surface area contributed by atoms with E-state index < -0.39 is 0 Å². The molecule has 8 heteroatoms. The maximum atomic E-state index is 5.67. The summed E-state index contributed by atoms with van der Waals surface area (Å²) >= 11 is 0. The lowest BCUT2D eigenvalue weighted by Crippen LogP contribution is -2.15. The SMILES string of the molecule is COc1cc(CNc2nccc(-c3ccc4c(c3)OCCO4)n2)cc(OC)c1OC. The summed E-state index contributed by atoms with van der Waals surface area (Å²) in [4.78, 5) is 8.94. The Morgan fingerprint density at radius 1 is 0.900 bits per heavy atom. The molecule has 0 atom stereocenters. The molecule has 1 aromatic heterocycles. The smallest absolute Gasteiger partial charge is 0.223 e. The van der Waals surface area contributed by atoms with Crippen LogP contribution in [0.4, 0.5) is 5.95 Å². The van der Waals surface area contributed by atoms with Crippen LogP contribution in [0.1, 0.15) is 5.56 Å². The molecule has 0 radical (unpaired) electrons. The Morgan fingerprint density at radius 3 is 2.33 bits per heavy atom. The Kier molecular flexibility index (Phi) is 5.74. The molecule has 0 saturated carbocycles. The monoisotopic (exact) mass is 409 g/mol.